The molecule has 0 atom stereocenters. The SMILES string of the molecule is OB(O)c1ccc2c(ccn2-c2ccccc2)c1. The van der Waals surface area contributed by atoms with Gasteiger partial charge in [-0.1, -0.05) is 30.3 Å². The van der Waals surface area contributed by atoms with E-state index in [0.717, 1.165) is 16.6 Å². The highest BCUT2D eigenvalue weighted by Gasteiger charge is 2.12. The lowest BCUT2D eigenvalue weighted by molar-refractivity contribution is 0.426. The third-order valence-electron chi connectivity index (χ3n) is 3.05. The highest BCUT2D eigenvalue weighted by atomic mass is 16.4. The molecule has 4 heteroatoms. The molecule has 0 radical (unpaired) electrons. The minimum absolute atomic E-state index is 0.508. The summed E-state index contributed by atoms with van der Waals surface area (Å²) < 4.78 is 2.07. The Kier molecular flexibility index (Phi) is 2.66. The third kappa shape index (κ3) is 1.81. The van der Waals surface area contributed by atoms with E-state index in [4.69, 9.17) is 10.0 Å². The lowest BCUT2D eigenvalue weighted by Gasteiger charge is -2.05. The van der Waals surface area contributed by atoms with Gasteiger partial charge in [-0.3, -0.25) is 0 Å². The average Bonchev–Trinajstić information content (AvgIpc) is 2.82. The first-order valence-electron chi connectivity index (χ1n) is 5.78. The Bertz CT molecular complexity index is 677. The molecule has 0 saturated heterocycles. The summed E-state index contributed by atoms with van der Waals surface area (Å²) in [6.45, 7) is 0. The van der Waals surface area contributed by atoms with E-state index in [0.29, 0.717) is 5.46 Å². The minimum atomic E-state index is -1.42. The molecule has 0 bridgehead atoms. The second-order valence-corrected chi connectivity index (χ2v) is 4.21. The molecule has 88 valence electrons. The lowest BCUT2D eigenvalue weighted by Crippen LogP contribution is -2.29. The van der Waals surface area contributed by atoms with Gasteiger partial charge in [0.2, 0.25) is 0 Å². The summed E-state index contributed by atoms with van der Waals surface area (Å²) in [6, 6.07) is 17.4. The van der Waals surface area contributed by atoms with E-state index in [1.165, 1.54) is 0 Å². The Morgan fingerprint density at radius 2 is 1.67 bits per heavy atom. The maximum Gasteiger partial charge on any atom is 0.488 e. The van der Waals surface area contributed by atoms with E-state index in [2.05, 4.69) is 4.57 Å². The molecule has 1 aromatic heterocycles. The summed E-state index contributed by atoms with van der Waals surface area (Å²) >= 11 is 0. The minimum Gasteiger partial charge on any atom is -0.423 e. The Hall–Kier alpha value is -2.04. The van der Waals surface area contributed by atoms with Crippen LogP contribution in [0.1, 0.15) is 0 Å². The van der Waals surface area contributed by atoms with Crippen molar-refractivity contribution in [1.82, 2.24) is 4.57 Å². The predicted octanol–water partition coefficient (Wildman–Crippen LogP) is 1.31. The zero-order valence-electron chi connectivity index (χ0n) is 9.69. The maximum absolute atomic E-state index is 9.16. The van der Waals surface area contributed by atoms with Gasteiger partial charge in [-0.05, 0) is 35.1 Å². The van der Waals surface area contributed by atoms with Crippen LogP contribution in [0.4, 0.5) is 0 Å². The number of fused-ring (bicyclic) bond motifs is 1. The highest BCUT2D eigenvalue weighted by molar-refractivity contribution is 6.58. The number of hydrogen-bond acceptors (Lipinski definition) is 2. The van der Waals surface area contributed by atoms with E-state index in [1.807, 2.05) is 48.7 Å². The van der Waals surface area contributed by atoms with Crippen LogP contribution in [-0.4, -0.2) is 21.7 Å². The summed E-state index contributed by atoms with van der Waals surface area (Å²) in [5.74, 6) is 0. The molecular weight excluding hydrogens is 225 g/mol. The molecule has 18 heavy (non-hydrogen) atoms. The van der Waals surface area contributed by atoms with Gasteiger partial charge in [-0.2, -0.15) is 0 Å². The van der Waals surface area contributed by atoms with Gasteiger partial charge in [0.15, 0.2) is 0 Å². The molecule has 0 aliphatic carbocycles. The molecule has 2 N–H and O–H groups in total. The van der Waals surface area contributed by atoms with Crippen molar-refractivity contribution in [2.75, 3.05) is 0 Å². The molecule has 0 spiro atoms. The molecule has 0 amide bonds. The molecule has 3 rings (SSSR count). The lowest BCUT2D eigenvalue weighted by atomic mass is 9.80. The molecular formula is C14H12BNO2. The van der Waals surface area contributed by atoms with Crippen LogP contribution < -0.4 is 5.46 Å². The van der Waals surface area contributed by atoms with Gasteiger partial charge in [0.05, 0.1) is 5.52 Å². The topological polar surface area (TPSA) is 45.4 Å². The second-order valence-electron chi connectivity index (χ2n) is 4.21. The van der Waals surface area contributed by atoms with Gasteiger partial charge in [0.1, 0.15) is 0 Å². The van der Waals surface area contributed by atoms with Crippen LogP contribution in [0.15, 0.2) is 60.8 Å². The molecule has 3 nitrogen and oxygen atoms in total. The summed E-state index contributed by atoms with van der Waals surface area (Å²) in [5.41, 5.74) is 2.64. The van der Waals surface area contributed by atoms with Gasteiger partial charge in [0.25, 0.3) is 0 Å². The predicted molar refractivity (Wildman–Crippen MR) is 73.1 cm³/mol. The van der Waals surface area contributed by atoms with Crippen molar-refractivity contribution in [1.29, 1.82) is 0 Å². The first kappa shape index (κ1) is 11.1. The van der Waals surface area contributed by atoms with Gasteiger partial charge in [0, 0.05) is 11.9 Å². The molecule has 0 fully saturated rings. The van der Waals surface area contributed by atoms with Crippen LogP contribution in [-0.2, 0) is 0 Å². The smallest absolute Gasteiger partial charge is 0.423 e. The van der Waals surface area contributed by atoms with Crippen molar-refractivity contribution in [3.63, 3.8) is 0 Å². The van der Waals surface area contributed by atoms with Crippen molar-refractivity contribution in [3.8, 4) is 5.69 Å². The summed E-state index contributed by atoms with van der Waals surface area (Å²) in [6.07, 6.45) is 1.98. The molecule has 0 unspecified atom stereocenters. The van der Waals surface area contributed by atoms with Crippen LogP contribution in [0, 0.1) is 0 Å². The fourth-order valence-electron chi connectivity index (χ4n) is 2.14. The Morgan fingerprint density at radius 1 is 0.889 bits per heavy atom. The molecule has 1 heterocycles. The van der Waals surface area contributed by atoms with Crippen molar-refractivity contribution in [2.45, 2.75) is 0 Å². The number of hydrogen-bond donors (Lipinski definition) is 2. The fraction of sp³-hybridized carbons (Fsp3) is 0. The van der Waals surface area contributed by atoms with Crippen molar-refractivity contribution in [3.05, 3.63) is 60.8 Å². The van der Waals surface area contributed by atoms with Crippen molar-refractivity contribution < 1.29 is 10.0 Å². The monoisotopic (exact) mass is 237 g/mol. The number of benzene rings is 2. The highest BCUT2D eigenvalue weighted by Crippen LogP contribution is 2.19. The van der Waals surface area contributed by atoms with Crippen LogP contribution in [0.5, 0.6) is 0 Å². The number of aromatic nitrogens is 1. The first-order valence-corrected chi connectivity index (χ1v) is 5.78. The molecule has 0 aliphatic rings. The zero-order valence-corrected chi connectivity index (χ0v) is 9.69. The fourth-order valence-corrected chi connectivity index (χ4v) is 2.14. The normalized spacial score (nSPS) is 10.8. The Morgan fingerprint density at radius 3 is 2.39 bits per heavy atom. The first-order chi connectivity index (χ1) is 8.75. The van der Waals surface area contributed by atoms with Gasteiger partial charge < -0.3 is 14.6 Å². The zero-order chi connectivity index (χ0) is 12.5. The summed E-state index contributed by atoms with van der Waals surface area (Å²) in [4.78, 5) is 0. The average molecular weight is 237 g/mol. The van der Waals surface area contributed by atoms with E-state index >= 15 is 0 Å². The Labute approximate surface area is 105 Å². The van der Waals surface area contributed by atoms with Crippen LogP contribution in [0.2, 0.25) is 0 Å². The van der Waals surface area contributed by atoms with Crippen LogP contribution >= 0.6 is 0 Å². The van der Waals surface area contributed by atoms with Crippen molar-refractivity contribution in [2.24, 2.45) is 0 Å². The van der Waals surface area contributed by atoms with Gasteiger partial charge in [-0.25, -0.2) is 0 Å². The number of rotatable bonds is 2. The van der Waals surface area contributed by atoms with Gasteiger partial charge >= 0.3 is 7.12 Å². The largest absolute Gasteiger partial charge is 0.488 e. The summed E-state index contributed by atoms with van der Waals surface area (Å²) in [5, 5.41) is 19.3. The maximum atomic E-state index is 9.16. The van der Waals surface area contributed by atoms with E-state index in [-0.39, 0.29) is 0 Å². The van der Waals surface area contributed by atoms with E-state index < -0.39 is 7.12 Å². The quantitative estimate of drug-likeness (QED) is 0.660. The van der Waals surface area contributed by atoms with E-state index in [9.17, 15) is 0 Å². The van der Waals surface area contributed by atoms with Crippen LogP contribution in [0.3, 0.4) is 0 Å². The number of nitrogens with zero attached hydrogens (tertiary/aromatic N) is 1. The molecule has 0 saturated carbocycles. The Balaban J connectivity index is 2.16. The van der Waals surface area contributed by atoms with Crippen LogP contribution in [0.25, 0.3) is 16.6 Å². The molecule has 2 aromatic carbocycles. The third-order valence-corrected chi connectivity index (χ3v) is 3.05. The summed E-state index contributed by atoms with van der Waals surface area (Å²) in [7, 11) is -1.42. The van der Waals surface area contributed by atoms with E-state index in [1.54, 1.807) is 12.1 Å². The second kappa shape index (κ2) is 4.33. The van der Waals surface area contributed by atoms with Gasteiger partial charge in [-0.15, -0.1) is 0 Å². The van der Waals surface area contributed by atoms with Crippen molar-refractivity contribution >= 4 is 23.5 Å². The standard InChI is InChI=1S/C14H12BNO2/c17-15(18)12-6-7-14-11(10-12)8-9-16(14)13-4-2-1-3-5-13/h1-10,17-18H. The molecule has 0 aliphatic heterocycles. The number of para-hydroxylation sites is 1. The molecule has 3 aromatic rings.